The van der Waals surface area contributed by atoms with Crippen LogP contribution in [0.15, 0.2) is 35.7 Å². The molecule has 1 N–H and O–H groups in total. The normalized spacial score (nSPS) is 17.0. The van der Waals surface area contributed by atoms with Crippen LogP contribution in [0, 0.1) is 5.92 Å². The van der Waals surface area contributed by atoms with Gasteiger partial charge < -0.3 is 10.0 Å². The van der Waals surface area contributed by atoms with Crippen LogP contribution in [0.4, 0.5) is 0 Å². The summed E-state index contributed by atoms with van der Waals surface area (Å²) < 4.78 is 0. The van der Waals surface area contributed by atoms with E-state index < -0.39 is 6.10 Å². The highest BCUT2D eigenvalue weighted by atomic mass is 32.1. The highest BCUT2D eigenvalue weighted by Gasteiger charge is 2.28. The van der Waals surface area contributed by atoms with Crippen molar-refractivity contribution in [3.63, 3.8) is 0 Å². The van der Waals surface area contributed by atoms with Crippen LogP contribution in [0.25, 0.3) is 0 Å². The van der Waals surface area contributed by atoms with E-state index in [0.29, 0.717) is 6.42 Å². The van der Waals surface area contributed by atoms with Crippen molar-refractivity contribution in [3.8, 4) is 0 Å². The van der Waals surface area contributed by atoms with Gasteiger partial charge in [-0.15, -0.1) is 11.3 Å². The Bertz CT molecular complexity index is 663. The van der Waals surface area contributed by atoms with E-state index in [-0.39, 0.29) is 11.8 Å². The molecule has 1 saturated heterocycles. The molecule has 4 nitrogen and oxygen atoms in total. The number of nitrogens with zero attached hydrogens (tertiary/aromatic N) is 2. The average molecular weight is 344 g/mol. The van der Waals surface area contributed by atoms with Crippen molar-refractivity contribution in [2.24, 2.45) is 5.92 Å². The molecule has 3 rings (SSSR count). The highest BCUT2D eigenvalue weighted by molar-refractivity contribution is 7.09. The van der Waals surface area contributed by atoms with Crippen molar-refractivity contribution < 1.29 is 9.90 Å². The molecule has 1 amide bonds. The van der Waals surface area contributed by atoms with Gasteiger partial charge >= 0.3 is 0 Å². The maximum Gasteiger partial charge on any atom is 0.228 e. The van der Waals surface area contributed by atoms with Crippen LogP contribution in [0.5, 0.6) is 0 Å². The maximum absolute atomic E-state index is 12.4. The minimum atomic E-state index is -0.436. The molecule has 128 valence electrons. The predicted octanol–water partition coefficient (Wildman–Crippen LogP) is 3.22. The first kappa shape index (κ1) is 17.1. The smallest absolute Gasteiger partial charge is 0.228 e. The highest BCUT2D eigenvalue weighted by Crippen LogP contribution is 2.30. The second kappa shape index (κ2) is 7.90. The molecule has 0 spiro atoms. The molecule has 1 atom stereocenters. The van der Waals surface area contributed by atoms with Gasteiger partial charge in [0.25, 0.3) is 0 Å². The van der Waals surface area contributed by atoms with E-state index in [1.54, 1.807) is 11.3 Å². The second-order valence-corrected chi connectivity index (χ2v) is 7.28. The van der Waals surface area contributed by atoms with Gasteiger partial charge in [-0.3, -0.25) is 4.79 Å². The third-order valence-electron chi connectivity index (χ3n) is 4.71. The SMILES string of the molecule is CCc1nc(CC(=O)N2CCC([C@H](O)c3ccccc3)CC2)cs1. The Balaban J connectivity index is 1.52. The van der Waals surface area contributed by atoms with Crippen molar-refractivity contribution in [3.05, 3.63) is 52.0 Å². The molecule has 5 heteroatoms. The zero-order chi connectivity index (χ0) is 16.9. The summed E-state index contributed by atoms with van der Waals surface area (Å²) in [4.78, 5) is 18.8. The van der Waals surface area contributed by atoms with Gasteiger partial charge in [-0.25, -0.2) is 4.98 Å². The number of amides is 1. The standard InChI is InChI=1S/C19H24N2O2S/c1-2-17-20-16(13-24-17)12-18(22)21-10-8-15(9-11-21)19(23)14-6-4-3-5-7-14/h3-7,13,15,19,23H,2,8-12H2,1H3/t19-/m1/s1. The lowest BCUT2D eigenvalue weighted by Gasteiger charge is -2.34. The Kier molecular flexibility index (Phi) is 5.63. The van der Waals surface area contributed by atoms with E-state index in [9.17, 15) is 9.90 Å². The molecule has 2 aromatic rings. The summed E-state index contributed by atoms with van der Waals surface area (Å²) in [5.41, 5.74) is 1.85. The maximum atomic E-state index is 12.4. The largest absolute Gasteiger partial charge is 0.388 e. The van der Waals surface area contributed by atoms with Crippen molar-refractivity contribution >= 4 is 17.2 Å². The van der Waals surface area contributed by atoms with Crippen molar-refractivity contribution in [1.29, 1.82) is 0 Å². The van der Waals surface area contributed by atoms with Gasteiger partial charge in [-0.1, -0.05) is 37.3 Å². The molecule has 1 aromatic heterocycles. The van der Waals surface area contributed by atoms with E-state index >= 15 is 0 Å². The van der Waals surface area contributed by atoms with Crippen molar-refractivity contribution in [2.75, 3.05) is 13.1 Å². The van der Waals surface area contributed by atoms with Crippen LogP contribution in [-0.4, -0.2) is 34.0 Å². The number of aromatic nitrogens is 1. The van der Waals surface area contributed by atoms with Crippen LogP contribution < -0.4 is 0 Å². The minimum Gasteiger partial charge on any atom is -0.388 e. The Morgan fingerprint density at radius 2 is 2.04 bits per heavy atom. The van der Waals surface area contributed by atoms with Crippen molar-refractivity contribution in [1.82, 2.24) is 9.88 Å². The summed E-state index contributed by atoms with van der Waals surface area (Å²) in [7, 11) is 0. The van der Waals surface area contributed by atoms with Crippen LogP contribution in [-0.2, 0) is 17.6 Å². The van der Waals surface area contributed by atoms with Crippen LogP contribution >= 0.6 is 11.3 Å². The minimum absolute atomic E-state index is 0.149. The van der Waals surface area contributed by atoms with Gasteiger partial charge in [-0.05, 0) is 30.7 Å². The third-order valence-corrected chi connectivity index (χ3v) is 5.76. The lowest BCUT2D eigenvalue weighted by atomic mass is 9.87. The summed E-state index contributed by atoms with van der Waals surface area (Å²) in [5.74, 6) is 0.373. The third kappa shape index (κ3) is 4.02. The molecule has 1 aliphatic rings. The monoisotopic (exact) mass is 344 g/mol. The first-order chi connectivity index (χ1) is 11.7. The fourth-order valence-electron chi connectivity index (χ4n) is 3.25. The number of carbonyl (C=O) groups excluding carboxylic acids is 1. The molecular weight excluding hydrogens is 320 g/mol. The molecule has 1 aliphatic heterocycles. The van der Waals surface area contributed by atoms with E-state index in [0.717, 1.165) is 48.6 Å². The van der Waals surface area contributed by atoms with Crippen LogP contribution in [0.3, 0.4) is 0 Å². The molecule has 1 fully saturated rings. The first-order valence-corrected chi connectivity index (χ1v) is 9.49. The van der Waals surface area contributed by atoms with Gasteiger partial charge in [0.2, 0.25) is 5.91 Å². The molecule has 0 saturated carbocycles. The molecule has 0 unspecified atom stereocenters. The lowest BCUT2D eigenvalue weighted by molar-refractivity contribution is -0.132. The molecule has 0 bridgehead atoms. The van der Waals surface area contributed by atoms with Gasteiger partial charge in [0.1, 0.15) is 0 Å². The summed E-state index contributed by atoms with van der Waals surface area (Å²) in [6.07, 6.45) is 2.57. The summed E-state index contributed by atoms with van der Waals surface area (Å²) in [5, 5.41) is 13.6. The number of benzene rings is 1. The van der Waals surface area contributed by atoms with E-state index in [2.05, 4.69) is 11.9 Å². The number of likely N-dealkylation sites (tertiary alicyclic amines) is 1. The first-order valence-electron chi connectivity index (χ1n) is 8.61. The Morgan fingerprint density at radius 3 is 2.67 bits per heavy atom. The van der Waals surface area contributed by atoms with Gasteiger partial charge in [0, 0.05) is 18.5 Å². The summed E-state index contributed by atoms with van der Waals surface area (Å²) >= 11 is 1.63. The molecule has 0 radical (unpaired) electrons. The number of hydrogen-bond donors (Lipinski definition) is 1. The lowest BCUT2D eigenvalue weighted by Crippen LogP contribution is -2.40. The molecule has 0 aliphatic carbocycles. The van der Waals surface area contributed by atoms with Gasteiger partial charge in [0.05, 0.1) is 23.2 Å². The number of hydrogen-bond acceptors (Lipinski definition) is 4. The molecule has 1 aromatic carbocycles. The fraction of sp³-hybridized carbons (Fsp3) is 0.474. The van der Waals surface area contributed by atoms with E-state index in [4.69, 9.17) is 0 Å². The Morgan fingerprint density at radius 1 is 1.33 bits per heavy atom. The number of aliphatic hydroxyl groups excluding tert-OH is 1. The Labute approximate surface area is 147 Å². The Hall–Kier alpha value is -1.72. The predicted molar refractivity (Wildman–Crippen MR) is 95.9 cm³/mol. The second-order valence-electron chi connectivity index (χ2n) is 6.34. The zero-order valence-corrected chi connectivity index (χ0v) is 14.8. The molecular formula is C19H24N2O2S. The van der Waals surface area contributed by atoms with Gasteiger partial charge in [-0.2, -0.15) is 0 Å². The van der Waals surface area contributed by atoms with Crippen molar-refractivity contribution in [2.45, 2.75) is 38.7 Å². The fourth-order valence-corrected chi connectivity index (χ4v) is 3.99. The average Bonchev–Trinajstić information content (AvgIpc) is 3.09. The number of rotatable bonds is 5. The number of thiazole rings is 1. The number of aryl methyl sites for hydroxylation is 1. The van der Waals surface area contributed by atoms with Gasteiger partial charge in [0.15, 0.2) is 0 Å². The van der Waals surface area contributed by atoms with Crippen LogP contribution in [0.2, 0.25) is 0 Å². The number of aliphatic hydroxyl groups is 1. The molecule has 2 heterocycles. The van der Waals surface area contributed by atoms with Crippen LogP contribution in [0.1, 0.15) is 42.1 Å². The van der Waals surface area contributed by atoms with E-state index in [1.165, 1.54) is 0 Å². The molecule has 24 heavy (non-hydrogen) atoms. The quantitative estimate of drug-likeness (QED) is 0.906. The zero-order valence-electron chi connectivity index (χ0n) is 14.0. The van der Waals surface area contributed by atoms with E-state index in [1.807, 2.05) is 40.6 Å². The summed E-state index contributed by atoms with van der Waals surface area (Å²) in [6.45, 7) is 3.52. The number of piperidine rings is 1. The number of carbonyl (C=O) groups is 1. The summed E-state index contributed by atoms with van der Waals surface area (Å²) in [6, 6.07) is 9.80. The topological polar surface area (TPSA) is 53.4 Å².